The number of rotatable bonds is 8. The first-order valence-electron chi connectivity index (χ1n) is 12.3. The van der Waals surface area contributed by atoms with Gasteiger partial charge in [0, 0.05) is 43.7 Å². The monoisotopic (exact) mass is 466 g/mol. The van der Waals surface area contributed by atoms with Crippen molar-refractivity contribution in [2.75, 3.05) is 19.6 Å². The van der Waals surface area contributed by atoms with Crippen LogP contribution in [0.3, 0.4) is 0 Å². The molecule has 0 radical (unpaired) electrons. The maximum atomic E-state index is 13.3. The molecule has 1 amide bonds. The molecular weight excluding hydrogens is 428 g/mol. The molecule has 3 heterocycles. The summed E-state index contributed by atoms with van der Waals surface area (Å²) in [5.74, 6) is 2.30. The molecule has 1 aromatic rings. The van der Waals surface area contributed by atoms with E-state index in [1.807, 2.05) is 6.92 Å². The Kier molecular flexibility index (Phi) is 7.27. The van der Waals surface area contributed by atoms with E-state index in [4.69, 9.17) is 4.52 Å². The topological polar surface area (TPSA) is 95.8 Å². The predicted octanol–water partition coefficient (Wildman–Crippen LogP) is 3.53. The molecule has 1 aliphatic carbocycles. The van der Waals surface area contributed by atoms with Crippen LogP contribution in [0.4, 0.5) is 0 Å². The molecule has 1 aromatic heterocycles. The standard InChI is InChI=1S/C23H38N4O4S/c1-16(2)4-5-18-8-11-26(12-9-18)32(29,30)27-13-10-20(14-17(27)3)24-23(28)21-15-22(31-25-21)19-6-7-19/h15-20H,4-14H2,1-3H3,(H,24,28)/t17-,20-/m0/s1. The lowest BCUT2D eigenvalue weighted by atomic mass is 9.90. The summed E-state index contributed by atoms with van der Waals surface area (Å²) in [5, 5.41) is 6.93. The van der Waals surface area contributed by atoms with Crippen LogP contribution in [0.2, 0.25) is 0 Å². The van der Waals surface area contributed by atoms with Crippen LogP contribution >= 0.6 is 0 Å². The third-order valence-corrected chi connectivity index (χ3v) is 9.39. The highest BCUT2D eigenvalue weighted by atomic mass is 32.2. The molecule has 0 spiro atoms. The van der Waals surface area contributed by atoms with Gasteiger partial charge in [-0.3, -0.25) is 4.79 Å². The van der Waals surface area contributed by atoms with Crippen molar-refractivity contribution in [2.45, 2.75) is 90.1 Å². The average Bonchev–Trinajstić information content (AvgIpc) is 3.48. The molecular formula is C23H38N4O4S. The first-order chi connectivity index (χ1) is 15.2. The summed E-state index contributed by atoms with van der Waals surface area (Å²) in [4.78, 5) is 12.6. The first-order valence-corrected chi connectivity index (χ1v) is 13.7. The third-order valence-electron chi connectivity index (χ3n) is 7.24. The molecule has 1 N–H and O–H groups in total. The van der Waals surface area contributed by atoms with Crippen LogP contribution in [0.15, 0.2) is 10.6 Å². The molecule has 3 fully saturated rings. The molecule has 8 nitrogen and oxygen atoms in total. The number of aromatic nitrogens is 1. The van der Waals surface area contributed by atoms with Crippen LogP contribution in [0.25, 0.3) is 0 Å². The van der Waals surface area contributed by atoms with Crippen molar-refractivity contribution in [1.29, 1.82) is 0 Å². The molecule has 180 valence electrons. The maximum absolute atomic E-state index is 13.3. The predicted molar refractivity (Wildman–Crippen MR) is 122 cm³/mol. The first kappa shape index (κ1) is 23.7. The van der Waals surface area contributed by atoms with Gasteiger partial charge in [-0.25, -0.2) is 0 Å². The molecule has 9 heteroatoms. The van der Waals surface area contributed by atoms with Gasteiger partial charge in [0.1, 0.15) is 5.76 Å². The number of nitrogens with zero attached hydrogens (tertiary/aromatic N) is 3. The van der Waals surface area contributed by atoms with Crippen molar-refractivity contribution in [3.63, 3.8) is 0 Å². The van der Waals surface area contributed by atoms with Crippen molar-refractivity contribution in [3.05, 3.63) is 17.5 Å². The fourth-order valence-corrected chi connectivity index (χ4v) is 6.83. The van der Waals surface area contributed by atoms with Crippen LogP contribution in [-0.4, -0.2) is 59.8 Å². The number of carbonyl (C=O) groups is 1. The van der Waals surface area contributed by atoms with Gasteiger partial charge in [0.25, 0.3) is 16.1 Å². The summed E-state index contributed by atoms with van der Waals surface area (Å²) >= 11 is 0. The molecule has 0 bridgehead atoms. The smallest absolute Gasteiger partial charge is 0.282 e. The van der Waals surface area contributed by atoms with Crippen LogP contribution < -0.4 is 5.32 Å². The summed E-state index contributed by atoms with van der Waals surface area (Å²) < 4.78 is 35.2. The highest BCUT2D eigenvalue weighted by molar-refractivity contribution is 7.86. The van der Waals surface area contributed by atoms with Gasteiger partial charge in [0.15, 0.2) is 5.69 Å². The largest absolute Gasteiger partial charge is 0.360 e. The van der Waals surface area contributed by atoms with E-state index in [1.165, 1.54) is 12.8 Å². The molecule has 4 rings (SSSR count). The van der Waals surface area contributed by atoms with Crippen molar-refractivity contribution < 1.29 is 17.7 Å². The minimum atomic E-state index is -3.47. The number of carbonyl (C=O) groups excluding carboxylic acids is 1. The fourth-order valence-electron chi connectivity index (χ4n) is 4.99. The summed E-state index contributed by atoms with van der Waals surface area (Å²) in [6, 6.07) is 1.52. The second kappa shape index (κ2) is 9.81. The van der Waals surface area contributed by atoms with Crippen molar-refractivity contribution in [2.24, 2.45) is 11.8 Å². The Balaban J connectivity index is 1.27. The van der Waals surface area contributed by atoms with E-state index < -0.39 is 10.2 Å². The van der Waals surface area contributed by atoms with E-state index in [2.05, 4.69) is 24.3 Å². The third kappa shape index (κ3) is 5.54. The van der Waals surface area contributed by atoms with E-state index in [9.17, 15) is 13.2 Å². The minimum absolute atomic E-state index is 0.0632. The Bertz CT molecular complexity index is 888. The molecule has 2 atom stereocenters. The second-order valence-electron chi connectivity index (χ2n) is 10.4. The lowest BCUT2D eigenvalue weighted by molar-refractivity contribution is 0.0903. The number of nitrogens with one attached hydrogen (secondary N) is 1. The van der Waals surface area contributed by atoms with E-state index in [-0.39, 0.29) is 18.0 Å². The Hall–Kier alpha value is -1.45. The van der Waals surface area contributed by atoms with Crippen molar-refractivity contribution in [1.82, 2.24) is 19.1 Å². The summed E-state index contributed by atoms with van der Waals surface area (Å²) in [6.45, 7) is 8.07. The molecule has 0 unspecified atom stereocenters. The highest BCUT2D eigenvalue weighted by Gasteiger charge is 2.39. The van der Waals surface area contributed by atoms with E-state index in [0.29, 0.717) is 55.9 Å². The zero-order valence-corrected chi connectivity index (χ0v) is 20.4. The Labute approximate surface area is 192 Å². The van der Waals surface area contributed by atoms with E-state index in [1.54, 1.807) is 14.7 Å². The van der Waals surface area contributed by atoms with Gasteiger partial charge in [0.05, 0.1) is 0 Å². The van der Waals surface area contributed by atoms with Crippen LogP contribution in [-0.2, 0) is 10.2 Å². The molecule has 32 heavy (non-hydrogen) atoms. The second-order valence-corrected chi connectivity index (χ2v) is 12.2. The summed E-state index contributed by atoms with van der Waals surface area (Å²) in [5.41, 5.74) is 0.315. The molecule has 3 aliphatic rings. The lowest BCUT2D eigenvalue weighted by Crippen LogP contribution is -2.55. The molecule has 2 saturated heterocycles. The number of hydrogen-bond acceptors (Lipinski definition) is 5. The Morgan fingerprint density at radius 1 is 1.19 bits per heavy atom. The van der Waals surface area contributed by atoms with Crippen LogP contribution in [0, 0.1) is 11.8 Å². The van der Waals surface area contributed by atoms with Gasteiger partial charge in [-0.1, -0.05) is 31.8 Å². The van der Waals surface area contributed by atoms with Gasteiger partial charge >= 0.3 is 0 Å². The molecule has 1 saturated carbocycles. The number of amides is 1. The van der Waals surface area contributed by atoms with Gasteiger partial charge in [-0.15, -0.1) is 0 Å². The van der Waals surface area contributed by atoms with Crippen LogP contribution in [0.5, 0.6) is 0 Å². The maximum Gasteiger partial charge on any atom is 0.282 e. The van der Waals surface area contributed by atoms with Gasteiger partial charge < -0.3 is 9.84 Å². The van der Waals surface area contributed by atoms with Gasteiger partial charge in [-0.2, -0.15) is 17.0 Å². The quantitative estimate of drug-likeness (QED) is 0.632. The van der Waals surface area contributed by atoms with Crippen LogP contribution in [0.1, 0.15) is 94.3 Å². The van der Waals surface area contributed by atoms with E-state index in [0.717, 1.165) is 31.4 Å². The van der Waals surface area contributed by atoms with Gasteiger partial charge in [-0.05, 0) is 57.3 Å². The minimum Gasteiger partial charge on any atom is -0.360 e. The number of piperidine rings is 2. The zero-order chi connectivity index (χ0) is 22.9. The van der Waals surface area contributed by atoms with Crippen molar-refractivity contribution in [3.8, 4) is 0 Å². The zero-order valence-electron chi connectivity index (χ0n) is 19.6. The average molecular weight is 467 g/mol. The fraction of sp³-hybridized carbons (Fsp3) is 0.826. The summed E-state index contributed by atoms with van der Waals surface area (Å²) in [6.07, 6.45) is 7.70. The Morgan fingerprint density at radius 3 is 2.53 bits per heavy atom. The highest BCUT2D eigenvalue weighted by Crippen LogP contribution is 2.40. The Morgan fingerprint density at radius 2 is 1.91 bits per heavy atom. The normalized spacial score (nSPS) is 26.5. The lowest BCUT2D eigenvalue weighted by Gasteiger charge is -2.41. The summed E-state index contributed by atoms with van der Waals surface area (Å²) in [7, 11) is -3.47. The molecule has 0 aromatic carbocycles. The number of hydrogen-bond donors (Lipinski definition) is 1. The van der Waals surface area contributed by atoms with Gasteiger partial charge in [0.2, 0.25) is 0 Å². The van der Waals surface area contributed by atoms with Crippen molar-refractivity contribution >= 4 is 16.1 Å². The SMILES string of the molecule is CC(C)CCC1CCN(S(=O)(=O)N2CC[C@H](NC(=O)c3cc(C4CC4)on3)C[C@@H]2C)CC1. The van der Waals surface area contributed by atoms with E-state index >= 15 is 0 Å². The molecule has 2 aliphatic heterocycles.